The van der Waals surface area contributed by atoms with E-state index in [9.17, 15) is 4.79 Å². The number of nitrogens with zero attached hydrogens (tertiary/aromatic N) is 1. The second kappa shape index (κ2) is 5.87. The summed E-state index contributed by atoms with van der Waals surface area (Å²) in [6.45, 7) is 6.97. The summed E-state index contributed by atoms with van der Waals surface area (Å²) in [5.41, 5.74) is -0.371. The molecule has 0 saturated carbocycles. The van der Waals surface area contributed by atoms with Crippen molar-refractivity contribution in [2.45, 2.75) is 57.9 Å². The molecule has 0 amide bonds. The summed E-state index contributed by atoms with van der Waals surface area (Å²) in [5.74, 6) is 0.794. The van der Waals surface area contributed by atoms with Gasteiger partial charge in [0.2, 0.25) is 5.78 Å². The van der Waals surface area contributed by atoms with E-state index in [1.165, 1.54) is 19.3 Å². The minimum absolute atomic E-state index is 0.187. The van der Waals surface area contributed by atoms with E-state index >= 15 is 0 Å². The molecule has 2 rings (SSSR count). The number of likely N-dealkylation sites (tertiary alicyclic amines) is 1. The number of Topliss-reactive ketones (excluding diaryl/α,β-unsaturated/α-hetero) is 1. The van der Waals surface area contributed by atoms with Crippen molar-refractivity contribution in [2.24, 2.45) is 0 Å². The highest BCUT2D eigenvalue weighted by Crippen LogP contribution is 2.29. The maximum Gasteiger partial charge on any atom is 0.216 e. The Kier molecular flexibility index (Phi) is 4.44. The van der Waals surface area contributed by atoms with Crippen molar-refractivity contribution in [3.8, 4) is 0 Å². The fourth-order valence-electron chi connectivity index (χ4n) is 2.90. The number of ketones is 1. The van der Waals surface area contributed by atoms with Crippen molar-refractivity contribution in [3.05, 3.63) is 11.8 Å². The van der Waals surface area contributed by atoms with Crippen molar-refractivity contribution in [3.63, 3.8) is 0 Å². The molecular weight excluding hydrogens is 226 g/mol. The molecule has 1 unspecified atom stereocenters. The number of hydrogen-bond donors (Lipinski definition) is 0. The van der Waals surface area contributed by atoms with Crippen LogP contribution in [0, 0.1) is 0 Å². The number of carbonyl (C=O) groups excluding carboxylic acids is 1. The predicted molar refractivity (Wildman–Crippen MR) is 72.4 cm³/mol. The number of piperidine rings is 1. The summed E-state index contributed by atoms with van der Waals surface area (Å²) in [4.78, 5) is 15.1. The van der Waals surface area contributed by atoms with E-state index < -0.39 is 0 Å². The van der Waals surface area contributed by atoms with Crippen LogP contribution >= 0.6 is 0 Å². The molecule has 0 spiro atoms. The topological polar surface area (TPSA) is 29.5 Å². The minimum atomic E-state index is -0.371. The molecule has 3 heteroatoms. The molecular formula is C15H25NO2. The van der Waals surface area contributed by atoms with Crippen LogP contribution in [0.15, 0.2) is 11.8 Å². The quantitative estimate of drug-likeness (QED) is 0.769. The molecule has 0 aliphatic carbocycles. The summed E-state index contributed by atoms with van der Waals surface area (Å²) in [6, 6.07) is 0. The summed E-state index contributed by atoms with van der Waals surface area (Å²) >= 11 is 0. The van der Waals surface area contributed by atoms with E-state index in [1.54, 1.807) is 0 Å². The normalized spacial score (nSPS) is 24.9. The summed E-state index contributed by atoms with van der Waals surface area (Å²) in [7, 11) is 0. The van der Waals surface area contributed by atoms with E-state index in [0.29, 0.717) is 12.4 Å². The van der Waals surface area contributed by atoms with Gasteiger partial charge in [-0.3, -0.25) is 9.69 Å². The number of rotatable bonds is 4. The van der Waals surface area contributed by atoms with Gasteiger partial charge in [-0.25, -0.2) is 0 Å². The first-order chi connectivity index (χ1) is 8.68. The van der Waals surface area contributed by atoms with E-state index in [0.717, 1.165) is 32.4 Å². The molecule has 1 saturated heterocycles. The van der Waals surface area contributed by atoms with Crippen molar-refractivity contribution >= 4 is 5.78 Å². The third kappa shape index (κ3) is 2.61. The molecule has 1 fully saturated rings. The van der Waals surface area contributed by atoms with Crippen LogP contribution in [0.4, 0.5) is 0 Å². The van der Waals surface area contributed by atoms with Gasteiger partial charge in [-0.2, -0.15) is 0 Å². The van der Waals surface area contributed by atoms with Crippen LogP contribution in [0.5, 0.6) is 0 Å². The van der Waals surface area contributed by atoms with Gasteiger partial charge in [-0.05, 0) is 58.2 Å². The van der Waals surface area contributed by atoms with Crippen LogP contribution in [-0.2, 0) is 9.53 Å². The van der Waals surface area contributed by atoms with Gasteiger partial charge < -0.3 is 4.74 Å². The second-order valence-electron chi connectivity index (χ2n) is 5.56. The Labute approximate surface area is 110 Å². The Bertz CT molecular complexity index is 331. The lowest BCUT2D eigenvalue weighted by Crippen LogP contribution is -2.54. The van der Waals surface area contributed by atoms with E-state index in [1.807, 2.05) is 6.08 Å². The first kappa shape index (κ1) is 13.6. The van der Waals surface area contributed by atoms with E-state index in [-0.39, 0.29) is 11.3 Å². The molecule has 102 valence electrons. The van der Waals surface area contributed by atoms with Crippen LogP contribution in [0.1, 0.15) is 52.4 Å². The monoisotopic (exact) mass is 251 g/mol. The van der Waals surface area contributed by atoms with Gasteiger partial charge in [0.15, 0.2) is 5.76 Å². The molecule has 2 heterocycles. The number of carbonyl (C=O) groups is 1. The standard InChI is InChI=1S/C15H25NO2/c1-3-15(2,16-10-6-4-7-11-16)14(17)13-9-5-8-12-18-13/h9H,3-8,10-12H2,1-2H3. The van der Waals surface area contributed by atoms with Gasteiger partial charge in [-0.1, -0.05) is 13.3 Å². The lowest BCUT2D eigenvalue weighted by atomic mass is 9.87. The predicted octanol–water partition coefficient (Wildman–Crippen LogP) is 2.90. The largest absolute Gasteiger partial charge is 0.490 e. The number of allylic oxidation sites excluding steroid dienone is 1. The maximum absolute atomic E-state index is 12.7. The van der Waals surface area contributed by atoms with Gasteiger partial charge in [0.05, 0.1) is 12.1 Å². The Hall–Kier alpha value is -0.830. The van der Waals surface area contributed by atoms with Gasteiger partial charge in [-0.15, -0.1) is 0 Å². The highest BCUT2D eigenvalue weighted by atomic mass is 16.5. The SMILES string of the molecule is CCC(C)(C(=O)C1=CCCCO1)N1CCCCC1. The number of hydrogen-bond acceptors (Lipinski definition) is 3. The fourth-order valence-corrected chi connectivity index (χ4v) is 2.90. The van der Waals surface area contributed by atoms with Gasteiger partial charge in [0, 0.05) is 0 Å². The first-order valence-electron chi connectivity index (χ1n) is 7.31. The molecule has 0 aromatic heterocycles. The Morgan fingerprint density at radius 1 is 1.33 bits per heavy atom. The second-order valence-corrected chi connectivity index (χ2v) is 5.56. The molecule has 2 aliphatic rings. The van der Waals surface area contributed by atoms with Crippen LogP contribution < -0.4 is 0 Å². The summed E-state index contributed by atoms with van der Waals surface area (Å²) < 4.78 is 5.56. The summed E-state index contributed by atoms with van der Waals surface area (Å²) in [6.07, 6.45) is 8.55. The van der Waals surface area contributed by atoms with E-state index in [2.05, 4.69) is 18.7 Å². The molecule has 0 radical (unpaired) electrons. The maximum atomic E-state index is 12.7. The molecule has 0 N–H and O–H groups in total. The van der Waals surface area contributed by atoms with Crippen LogP contribution in [0.2, 0.25) is 0 Å². The number of ether oxygens (including phenoxy) is 1. The highest BCUT2D eigenvalue weighted by Gasteiger charge is 2.40. The zero-order valence-corrected chi connectivity index (χ0v) is 11.7. The Morgan fingerprint density at radius 2 is 2.06 bits per heavy atom. The summed E-state index contributed by atoms with van der Waals surface area (Å²) in [5, 5.41) is 0. The molecule has 0 aromatic carbocycles. The lowest BCUT2D eigenvalue weighted by molar-refractivity contribution is -0.131. The average Bonchev–Trinajstić information content (AvgIpc) is 2.47. The van der Waals surface area contributed by atoms with Crippen LogP contribution in [-0.4, -0.2) is 35.9 Å². The Morgan fingerprint density at radius 3 is 2.61 bits per heavy atom. The molecule has 18 heavy (non-hydrogen) atoms. The molecule has 3 nitrogen and oxygen atoms in total. The minimum Gasteiger partial charge on any atom is -0.490 e. The average molecular weight is 251 g/mol. The van der Waals surface area contributed by atoms with Gasteiger partial charge in [0.1, 0.15) is 0 Å². The zero-order chi connectivity index (χ0) is 13.0. The highest BCUT2D eigenvalue weighted by molar-refractivity contribution is 6.00. The lowest BCUT2D eigenvalue weighted by Gasteiger charge is -2.42. The van der Waals surface area contributed by atoms with Crippen LogP contribution in [0.25, 0.3) is 0 Å². The van der Waals surface area contributed by atoms with Crippen molar-refractivity contribution in [1.82, 2.24) is 4.90 Å². The van der Waals surface area contributed by atoms with Gasteiger partial charge >= 0.3 is 0 Å². The molecule has 0 bridgehead atoms. The van der Waals surface area contributed by atoms with Crippen LogP contribution in [0.3, 0.4) is 0 Å². The van der Waals surface area contributed by atoms with E-state index in [4.69, 9.17) is 4.74 Å². The van der Waals surface area contributed by atoms with Gasteiger partial charge in [0.25, 0.3) is 0 Å². The van der Waals surface area contributed by atoms with Crippen molar-refractivity contribution in [2.75, 3.05) is 19.7 Å². The van der Waals surface area contributed by atoms with Crippen molar-refractivity contribution in [1.29, 1.82) is 0 Å². The third-order valence-corrected chi connectivity index (χ3v) is 4.39. The Balaban J connectivity index is 2.14. The first-order valence-corrected chi connectivity index (χ1v) is 7.31. The third-order valence-electron chi connectivity index (χ3n) is 4.39. The smallest absolute Gasteiger partial charge is 0.216 e. The molecule has 0 aromatic rings. The fraction of sp³-hybridized carbons (Fsp3) is 0.800. The molecule has 1 atom stereocenters. The zero-order valence-electron chi connectivity index (χ0n) is 11.7. The van der Waals surface area contributed by atoms with Crippen molar-refractivity contribution < 1.29 is 9.53 Å². The molecule has 2 aliphatic heterocycles.